The first kappa shape index (κ1) is 9.71. The molecule has 0 aromatic carbocycles. The summed E-state index contributed by atoms with van der Waals surface area (Å²) < 4.78 is 0. The van der Waals surface area contributed by atoms with Crippen molar-refractivity contribution in [3.05, 3.63) is 17.4 Å². The van der Waals surface area contributed by atoms with E-state index in [2.05, 4.69) is 15.3 Å². The van der Waals surface area contributed by atoms with E-state index in [1.807, 2.05) is 0 Å². The minimum Gasteiger partial charge on any atom is -0.354 e. The van der Waals surface area contributed by atoms with E-state index in [0.717, 1.165) is 12.5 Å². The Morgan fingerprint density at radius 3 is 2.64 bits per heavy atom. The maximum atomic E-state index is 5.67. The van der Waals surface area contributed by atoms with Crippen LogP contribution in [0.4, 0.5) is 5.95 Å². The van der Waals surface area contributed by atoms with Crippen LogP contribution in [0.1, 0.15) is 25.7 Å². The fourth-order valence-corrected chi connectivity index (χ4v) is 1.67. The first-order valence-corrected chi connectivity index (χ1v) is 5.44. The normalized spacial score (nSPS) is 16.4. The Labute approximate surface area is 88.9 Å². The lowest BCUT2D eigenvalue weighted by Crippen LogP contribution is -2.16. The highest BCUT2D eigenvalue weighted by Gasteiger charge is 2.16. The summed E-state index contributed by atoms with van der Waals surface area (Å²) in [5.41, 5.74) is 0. The van der Waals surface area contributed by atoms with Gasteiger partial charge in [0.05, 0.1) is 17.4 Å². The van der Waals surface area contributed by atoms with Crippen LogP contribution in [0.5, 0.6) is 0 Å². The smallest absolute Gasteiger partial charge is 0.222 e. The number of halogens is 1. The molecular weight excluding hydrogens is 198 g/mol. The number of hydrogen-bond donors (Lipinski definition) is 1. The molecule has 76 valence electrons. The van der Waals surface area contributed by atoms with Gasteiger partial charge in [-0.1, -0.05) is 30.9 Å². The van der Waals surface area contributed by atoms with Gasteiger partial charge in [-0.3, -0.25) is 0 Å². The Bertz CT molecular complexity index is 282. The van der Waals surface area contributed by atoms with Crippen LogP contribution in [0.15, 0.2) is 12.4 Å². The van der Waals surface area contributed by atoms with E-state index in [1.54, 1.807) is 12.4 Å². The summed E-state index contributed by atoms with van der Waals surface area (Å²) in [5.74, 6) is 1.60. The zero-order valence-electron chi connectivity index (χ0n) is 8.04. The van der Waals surface area contributed by atoms with Crippen LogP contribution in [0.25, 0.3) is 0 Å². The third-order valence-corrected chi connectivity index (χ3v) is 2.88. The molecule has 1 aliphatic carbocycles. The first-order valence-electron chi connectivity index (χ1n) is 5.06. The van der Waals surface area contributed by atoms with Crippen LogP contribution in [0, 0.1) is 5.92 Å². The molecule has 0 bridgehead atoms. The van der Waals surface area contributed by atoms with Gasteiger partial charge in [0.1, 0.15) is 0 Å². The Morgan fingerprint density at radius 2 is 2.07 bits per heavy atom. The molecule has 14 heavy (non-hydrogen) atoms. The molecule has 1 aliphatic rings. The zero-order valence-corrected chi connectivity index (χ0v) is 8.80. The number of rotatable bonds is 4. The van der Waals surface area contributed by atoms with Crippen molar-refractivity contribution in [3.63, 3.8) is 0 Å². The Morgan fingerprint density at radius 1 is 1.36 bits per heavy atom. The lowest BCUT2D eigenvalue weighted by molar-refractivity contribution is 0.303. The first-order chi connectivity index (χ1) is 6.84. The minimum absolute atomic E-state index is 0.578. The second-order valence-corrected chi connectivity index (χ2v) is 4.17. The second-order valence-electron chi connectivity index (χ2n) is 3.74. The number of nitrogens with one attached hydrogen (secondary N) is 1. The summed E-state index contributed by atoms with van der Waals surface area (Å²) in [6.07, 6.45) is 8.64. The highest BCUT2D eigenvalue weighted by molar-refractivity contribution is 6.30. The van der Waals surface area contributed by atoms with E-state index in [9.17, 15) is 0 Å². The van der Waals surface area contributed by atoms with Gasteiger partial charge in [0.15, 0.2) is 0 Å². The third kappa shape index (κ3) is 2.58. The number of anilines is 1. The zero-order chi connectivity index (χ0) is 9.80. The maximum Gasteiger partial charge on any atom is 0.222 e. The Kier molecular flexibility index (Phi) is 3.19. The Hall–Kier alpha value is -0.830. The summed E-state index contributed by atoms with van der Waals surface area (Å²) in [4.78, 5) is 8.13. The van der Waals surface area contributed by atoms with Crippen molar-refractivity contribution in [2.75, 3.05) is 11.9 Å². The molecule has 2 rings (SSSR count). The van der Waals surface area contributed by atoms with Crippen molar-refractivity contribution in [3.8, 4) is 0 Å². The van der Waals surface area contributed by atoms with Gasteiger partial charge in [-0.25, -0.2) is 9.97 Å². The summed E-state index contributed by atoms with van der Waals surface area (Å²) in [6, 6.07) is 0. The quantitative estimate of drug-likeness (QED) is 0.832. The van der Waals surface area contributed by atoms with Gasteiger partial charge in [0.2, 0.25) is 5.95 Å². The molecule has 3 nitrogen and oxygen atoms in total. The molecule has 0 amide bonds. The van der Waals surface area contributed by atoms with Gasteiger partial charge in [-0.15, -0.1) is 0 Å². The summed E-state index contributed by atoms with van der Waals surface area (Å²) in [5, 5.41) is 3.77. The molecule has 1 saturated carbocycles. The predicted molar refractivity (Wildman–Crippen MR) is 57.5 cm³/mol. The van der Waals surface area contributed by atoms with Crippen LogP contribution in [0.2, 0.25) is 5.02 Å². The van der Waals surface area contributed by atoms with Gasteiger partial charge < -0.3 is 5.32 Å². The largest absolute Gasteiger partial charge is 0.354 e. The summed E-state index contributed by atoms with van der Waals surface area (Å²) >= 11 is 5.67. The van der Waals surface area contributed by atoms with Gasteiger partial charge in [0.25, 0.3) is 0 Å². The molecule has 0 atom stereocenters. The van der Waals surface area contributed by atoms with E-state index >= 15 is 0 Å². The van der Waals surface area contributed by atoms with Crippen LogP contribution >= 0.6 is 11.6 Å². The van der Waals surface area contributed by atoms with Crippen molar-refractivity contribution in [2.24, 2.45) is 5.92 Å². The number of aromatic nitrogens is 2. The average Bonchev–Trinajstić information content (AvgIpc) is 2.12. The lowest BCUT2D eigenvalue weighted by Gasteiger charge is -2.25. The monoisotopic (exact) mass is 211 g/mol. The molecule has 1 aromatic rings. The summed E-state index contributed by atoms with van der Waals surface area (Å²) in [7, 11) is 0. The van der Waals surface area contributed by atoms with Crippen molar-refractivity contribution in [1.29, 1.82) is 0 Å². The molecule has 4 heteroatoms. The van der Waals surface area contributed by atoms with Crippen LogP contribution < -0.4 is 5.32 Å². The molecule has 0 radical (unpaired) electrons. The molecule has 1 N–H and O–H groups in total. The van der Waals surface area contributed by atoms with E-state index < -0.39 is 0 Å². The van der Waals surface area contributed by atoms with Crippen LogP contribution in [-0.4, -0.2) is 16.5 Å². The number of nitrogens with zero attached hydrogens (tertiary/aromatic N) is 2. The Balaban J connectivity index is 1.71. The highest BCUT2D eigenvalue weighted by Crippen LogP contribution is 2.28. The predicted octanol–water partition coefficient (Wildman–Crippen LogP) is 2.73. The molecule has 0 aliphatic heterocycles. The fourth-order valence-electron chi connectivity index (χ4n) is 1.57. The van der Waals surface area contributed by atoms with Gasteiger partial charge in [0, 0.05) is 6.54 Å². The molecule has 0 spiro atoms. The van der Waals surface area contributed by atoms with Crippen LogP contribution in [0.3, 0.4) is 0 Å². The molecule has 1 aromatic heterocycles. The molecular formula is C10H14ClN3. The van der Waals surface area contributed by atoms with Crippen molar-refractivity contribution in [1.82, 2.24) is 9.97 Å². The molecule has 1 fully saturated rings. The highest BCUT2D eigenvalue weighted by atomic mass is 35.5. The van der Waals surface area contributed by atoms with Crippen LogP contribution in [-0.2, 0) is 0 Å². The standard InChI is InChI=1S/C10H14ClN3/c11-9-6-13-10(14-7-9)12-5-4-8-2-1-3-8/h6-8H,1-5H2,(H,12,13,14). The van der Waals surface area contributed by atoms with Gasteiger partial charge >= 0.3 is 0 Å². The minimum atomic E-state index is 0.578. The lowest BCUT2D eigenvalue weighted by atomic mass is 9.83. The van der Waals surface area contributed by atoms with Crippen molar-refractivity contribution < 1.29 is 0 Å². The fraction of sp³-hybridized carbons (Fsp3) is 0.600. The topological polar surface area (TPSA) is 37.8 Å². The summed E-state index contributed by atoms with van der Waals surface area (Å²) in [6.45, 7) is 0.965. The van der Waals surface area contributed by atoms with Gasteiger partial charge in [-0.2, -0.15) is 0 Å². The van der Waals surface area contributed by atoms with E-state index in [0.29, 0.717) is 11.0 Å². The average molecular weight is 212 g/mol. The second kappa shape index (κ2) is 4.60. The number of hydrogen-bond acceptors (Lipinski definition) is 3. The SMILES string of the molecule is Clc1cnc(NCCC2CCC2)nc1. The van der Waals surface area contributed by atoms with E-state index in [-0.39, 0.29) is 0 Å². The van der Waals surface area contributed by atoms with Crippen molar-refractivity contribution in [2.45, 2.75) is 25.7 Å². The van der Waals surface area contributed by atoms with Gasteiger partial charge in [-0.05, 0) is 12.3 Å². The third-order valence-electron chi connectivity index (χ3n) is 2.68. The molecule has 1 heterocycles. The van der Waals surface area contributed by atoms with E-state index in [1.165, 1.54) is 25.7 Å². The van der Waals surface area contributed by atoms with E-state index in [4.69, 9.17) is 11.6 Å². The van der Waals surface area contributed by atoms with Crippen molar-refractivity contribution >= 4 is 17.5 Å². The maximum absolute atomic E-state index is 5.67. The molecule has 0 saturated heterocycles. The molecule has 0 unspecified atom stereocenters.